The summed E-state index contributed by atoms with van der Waals surface area (Å²) in [5.41, 5.74) is 1.04. The molecule has 114 valence electrons. The number of carbonyl (C=O) groups excluding carboxylic acids is 2. The lowest BCUT2D eigenvalue weighted by Crippen LogP contribution is -2.11. The van der Waals surface area contributed by atoms with Crippen LogP contribution in [0.25, 0.3) is 0 Å². The van der Waals surface area contributed by atoms with E-state index in [0.29, 0.717) is 21.9 Å². The molecule has 1 heterocycles. The number of benzene rings is 2. The highest BCUT2D eigenvalue weighted by atomic mass is 32.1. The third kappa shape index (κ3) is 3.84. The Kier molecular flexibility index (Phi) is 4.49. The molecule has 0 unspecified atom stereocenters. The van der Waals surface area contributed by atoms with Gasteiger partial charge in [-0.15, -0.1) is 11.3 Å². The van der Waals surface area contributed by atoms with Gasteiger partial charge in [0.1, 0.15) is 5.75 Å². The third-order valence-corrected chi connectivity index (χ3v) is 3.95. The highest BCUT2D eigenvalue weighted by Crippen LogP contribution is 2.16. The molecule has 0 saturated heterocycles. The minimum atomic E-state index is -0.438. The molecule has 0 radical (unpaired) electrons. The Labute approximate surface area is 137 Å². The summed E-state index contributed by atoms with van der Waals surface area (Å²) in [6.45, 7) is 0. The summed E-state index contributed by atoms with van der Waals surface area (Å²) in [7, 11) is 0. The van der Waals surface area contributed by atoms with Gasteiger partial charge < -0.3 is 10.1 Å². The van der Waals surface area contributed by atoms with E-state index in [0.717, 1.165) is 0 Å². The van der Waals surface area contributed by atoms with Crippen LogP contribution < -0.4 is 10.1 Å². The monoisotopic (exact) mass is 323 g/mol. The van der Waals surface area contributed by atoms with Crippen molar-refractivity contribution in [2.75, 3.05) is 5.32 Å². The van der Waals surface area contributed by atoms with Crippen molar-refractivity contribution in [2.24, 2.45) is 0 Å². The number of para-hydroxylation sites is 1. The molecule has 1 aromatic heterocycles. The Bertz CT molecular complexity index is 796. The number of esters is 1. The Balaban J connectivity index is 1.65. The Morgan fingerprint density at radius 1 is 0.870 bits per heavy atom. The van der Waals surface area contributed by atoms with E-state index in [4.69, 9.17) is 4.74 Å². The first kappa shape index (κ1) is 15.0. The van der Waals surface area contributed by atoms with Crippen molar-refractivity contribution >= 4 is 28.9 Å². The fraction of sp³-hybridized carbons (Fsp3) is 0. The van der Waals surface area contributed by atoms with Gasteiger partial charge in [0.2, 0.25) is 0 Å². The minimum Gasteiger partial charge on any atom is -0.423 e. The lowest BCUT2D eigenvalue weighted by molar-refractivity contribution is 0.0734. The molecular formula is C18H13NO3S. The third-order valence-electron chi connectivity index (χ3n) is 3.08. The van der Waals surface area contributed by atoms with E-state index in [1.165, 1.54) is 11.3 Å². The van der Waals surface area contributed by atoms with Crippen molar-refractivity contribution in [3.8, 4) is 5.75 Å². The maximum atomic E-state index is 12.0. The standard InChI is InChI=1S/C18H13NO3S/c20-17(16-7-4-12-23-16)19-14-10-8-13(9-11-14)18(21)22-15-5-2-1-3-6-15/h1-12H,(H,19,20). The Morgan fingerprint density at radius 2 is 1.61 bits per heavy atom. The largest absolute Gasteiger partial charge is 0.423 e. The minimum absolute atomic E-state index is 0.167. The molecule has 2 aromatic carbocycles. The first-order valence-corrected chi connectivity index (χ1v) is 7.82. The molecule has 0 spiro atoms. The van der Waals surface area contributed by atoms with Crippen molar-refractivity contribution in [3.63, 3.8) is 0 Å². The molecule has 1 amide bonds. The van der Waals surface area contributed by atoms with Gasteiger partial charge in [0.25, 0.3) is 5.91 Å². The number of hydrogen-bond donors (Lipinski definition) is 1. The number of nitrogens with one attached hydrogen (secondary N) is 1. The normalized spacial score (nSPS) is 10.1. The van der Waals surface area contributed by atoms with Gasteiger partial charge in [-0.25, -0.2) is 4.79 Å². The smallest absolute Gasteiger partial charge is 0.343 e. The van der Waals surface area contributed by atoms with Crippen LogP contribution in [0.4, 0.5) is 5.69 Å². The van der Waals surface area contributed by atoms with Gasteiger partial charge >= 0.3 is 5.97 Å². The van der Waals surface area contributed by atoms with E-state index in [-0.39, 0.29) is 5.91 Å². The molecule has 0 atom stereocenters. The number of anilines is 1. The van der Waals surface area contributed by atoms with Gasteiger partial charge in [-0.05, 0) is 47.8 Å². The molecule has 0 aliphatic rings. The first-order valence-electron chi connectivity index (χ1n) is 6.94. The maximum Gasteiger partial charge on any atom is 0.343 e. The highest BCUT2D eigenvalue weighted by molar-refractivity contribution is 7.12. The zero-order valence-corrected chi connectivity index (χ0v) is 12.9. The molecule has 1 N–H and O–H groups in total. The zero-order chi connectivity index (χ0) is 16.1. The average Bonchev–Trinajstić information content (AvgIpc) is 3.11. The molecule has 23 heavy (non-hydrogen) atoms. The molecule has 4 nitrogen and oxygen atoms in total. The lowest BCUT2D eigenvalue weighted by atomic mass is 10.2. The molecule has 0 fully saturated rings. The number of hydrogen-bond acceptors (Lipinski definition) is 4. The second-order valence-electron chi connectivity index (χ2n) is 4.71. The summed E-state index contributed by atoms with van der Waals surface area (Å²) in [5.74, 6) is -0.112. The van der Waals surface area contributed by atoms with Crippen molar-refractivity contribution in [1.29, 1.82) is 0 Å². The fourth-order valence-electron chi connectivity index (χ4n) is 1.94. The van der Waals surface area contributed by atoms with Crippen LogP contribution in [0.1, 0.15) is 20.0 Å². The van der Waals surface area contributed by atoms with Gasteiger partial charge in [-0.3, -0.25) is 4.79 Å². The number of ether oxygens (including phenoxy) is 1. The van der Waals surface area contributed by atoms with Crippen molar-refractivity contribution in [3.05, 3.63) is 82.6 Å². The van der Waals surface area contributed by atoms with Crippen LogP contribution in [0.2, 0.25) is 0 Å². The number of thiophene rings is 1. The SMILES string of the molecule is O=C(Oc1ccccc1)c1ccc(NC(=O)c2cccs2)cc1. The summed E-state index contributed by atoms with van der Waals surface area (Å²) in [6, 6.07) is 19.0. The van der Waals surface area contributed by atoms with Crippen LogP contribution in [0.5, 0.6) is 5.75 Å². The van der Waals surface area contributed by atoms with Gasteiger partial charge in [0, 0.05) is 5.69 Å². The first-order chi connectivity index (χ1) is 11.2. The van der Waals surface area contributed by atoms with Crippen LogP contribution in [-0.2, 0) is 0 Å². The summed E-state index contributed by atoms with van der Waals surface area (Å²) >= 11 is 1.37. The zero-order valence-electron chi connectivity index (χ0n) is 12.1. The van der Waals surface area contributed by atoms with E-state index in [1.807, 2.05) is 17.5 Å². The molecule has 0 aliphatic carbocycles. The molecule has 5 heteroatoms. The molecule has 0 aliphatic heterocycles. The van der Waals surface area contributed by atoms with Crippen molar-refractivity contribution < 1.29 is 14.3 Å². The molecule has 0 bridgehead atoms. The van der Waals surface area contributed by atoms with Crippen molar-refractivity contribution in [2.45, 2.75) is 0 Å². The molecule has 0 saturated carbocycles. The van der Waals surface area contributed by atoms with Crippen LogP contribution in [0.3, 0.4) is 0 Å². The van der Waals surface area contributed by atoms with Gasteiger partial charge in [0.15, 0.2) is 0 Å². The van der Waals surface area contributed by atoms with Gasteiger partial charge in [0.05, 0.1) is 10.4 Å². The number of carbonyl (C=O) groups is 2. The number of rotatable bonds is 4. The van der Waals surface area contributed by atoms with Crippen LogP contribution in [0.15, 0.2) is 72.1 Å². The van der Waals surface area contributed by atoms with E-state index < -0.39 is 5.97 Å². The second kappa shape index (κ2) is 6.89. The summed E-state index contributed by atoms with van der Waals surface area (Å²) in [6.07, 6.45) is 0. The fourth-order valence-corrected chi connectivity index (χ4v) is 2.56. The molecule has 3 aromatic rings. The predicted octanol–water partition coefficient (Wildman–Crippen LogP) is 4.22. The summed E-state index contributed by atoms with van der Waals surface area (Å²) in [4.78, 5) is 24.6. The van der Waals surface area contributed by atoms with Crippen LogP contribution in [0, 0.1) is 0 Å². The quantitative estimate of drug-likeness (QED) is 0.578. The topological polar surface area (TPSA) is 55.4 Å². The van der Waals surface area contributed by atoms with Crippen LogP contribution in [-0.4, -0.2) is 11.9 Å². The van der Waals surface area contributed by atoms with E-state index in [9.17, 15) is 9.59 Å². The Morgan fingerprint density at radius 3 is 2.26 bits per heavy atom. The lowest BCUT2D eigenvalue weighted by Gasteiger charge is -2.06. The van der Waals surface area contributed by atoms with Gasteiger partial charge in [-0.1, -0.05) is 24.3 Å². The van der Waals surface area contributed by atoms with Crippen molar-refractivity contribution in [1.82, 2.24) is 0 Å². The predicted molar refractivity (Wildman–Crippen MR) is 90.1 cm³/mol. The maximum absolute atomic E-state index is 12.0. The Hall–Kier alpha value is -2.92. The summed E-state index contributed by atoms with van der Waals surface area (Å²) < 4.78 is 5.26. The van der Waals surface area contributed by atoms with E-state index in [2.05, 4.69) is 5.32 Å². The van der Waals surface area contributed by atoms with E-state index in [1.54, 1.807) is 54.6 Å². The highest BCUT2D eigenvalue weighted by Gasteiger charge is 2.10. The van der Waals surface area contributed by atoms with E-state index >= 15 is 0 Å². The molecular weight excluding hydrogens is 310 g/mol. The molecule has 3 rings (SSSR count). The average molecular weight is 323 g/mol. The second-order valence-corrected chi connectivity index (χ2v) is 5.66. The van der Waals surface area contributed by atoms with Crippen LogP contribution >= 0.6 is 11.3 Å². The summed E-state index contributed by atoms with van der Waals surface area (Å²) in [5, 5.41) is 4.62. The number of amides is 1. The van der Waals surface area contributed by atoms with Gasteiger partial charge in [-0.2, -0.15) is 0 Å².